The van der Waals surface area contributed by atoms with E-state index in [1.807, 2.05) is 30.3 Å². The lowest BCUT2D eigenvalue weighted by Gasteiger charge is -2.32. The van der Waals surface area contributed by atoms with Crippen molar-refractivity contribution in [2.75, 3.05) is 0 Å². The number of halogens is 2. The van der Waals surface area contributed by atoms with Gasteiger partial charge in [-0.1, -0.05) is 60.3 Å². The highest BCUT2D eigenvalue weighted by Gasteiger charge is 2.27. The van der Waals surface area contributed by atoms with Crippen molar-refractivity contribution in [1.29, 1.82) is 0 Å². The predicted octanol–water partition coefficient (Wildman–Crippen LogP) is 4.46. The van der Waals surface area contributed by atoms with E-state index < -0.39 is 0 Å². The summed E-state index contributed by atoms with van der Waals surface area (Å²) in [5, 5.41) is 10.2. The summed E-state index contributed by atoms with van der Waals surface area (Å²) in [4.78, 5) is 24.8. The normalized spacial score (nSPS) is 18.7. The number of rotatable bonds is 6. The van der Waals surface area contributed by atoms with Crippen LogP contribution in [0.1, 0.15) is 36.8 Å². The van der Waals surface area contributed by atoms with Gasteiger partial charge < -0.3 is 16.0 Å². The molecule has 2 atom stereocenters. The highest BCUT2D eigenvalue weighted by atomic mass is 35.5. The first kappa shape index (κ1) is 21.5. The van der Waals surface area contributed by atoms with Gasteiger partial charge in [0.05, 0.1) is 12.5 Å². The molecule has 29 heavy (non-hydrogen) atoms. The summed E-state index contributed by atoms with van der Waals surface area (Å²) in [6.45, 7) is 0.396. The Balaban J connectivity index is 1.49. The number of amides is 3. The molecule has 3 rings (SSSR count). The molecule has 2 aromatic rings. The smallest absolute Gasteiger partial charge is 0.315 e. The predicted molar refractivity (Wildman–Crippen MR) is 116 cm³/mol. The Bertz CT molecular complexity index is 842. The van der Waals surface area contributed by atoms with Gasteiger partial charge in [-0.05, 0) is 48.2 Å². The van der Waals surface area contributed by atoms with E-state index in [2.05, 4.69) is 16.0 Å². The number of hydrogen-bond acceptors (Lipinski definition) is 2. The van der Waals surface area contributed by atoms with E-state index in [-0.39, 0.29) is 24.0 Å². The standard InChI is InChI=1S/C22H25Cl2N3O2/c23-17-10-8-15(9-11-17)13-21(28)26-19-6-1-2-7-20(19)27-22(29)25-14-16-4-3-5-18(24)12-16/h3-5,8-12,19-20H,1-2,6-7,13-14H2,(H,26,28)(H2,25,27,29). The van der Waals surface area contributed by atoms with Gasteiger partial charge in [-0.2, -0.15) is 0 Å². The summed E-state index contributed by atoms with van der Waals surface area (Å²) in [6.07, 6.45) is 4.06. The molecule has 0 heterocycles. The fraction of sp³-hybridized carbons (Fsp3) is 0.364. The van der Waals surface area contributed by atoms with Gasteiger partial charge in [0.1, 0.15) is 0 Å². The second-order valence-electron chi connectivity index (χ2n) is 7.33. The van der Waals surface area contributed by atoms with E-state index in [1.165, 1.54) is 0 Å². The van der Waals surface area contributed by atoms with Crippen molar-refractivity contribution >= 4 is 35.1 Å². The molecule has 0 aliphatic heterocycles. The van der Waals surface area contributed by atoms with E-state index in [0.717, 1.165) is 36.8 Å². The molecule has 3 N–H and O–H groups in total. The van der Waals surface area contributed by atoms with E-state index in [4.69, 9.17) is 23.2 Å². The molecule has 1 fully saturated rings. The van der Waals surface area contributed by atoms with Crippen molar-refractivity contribution < 1.29 is 9.59 Å². The first-order chi connectivity index (χ1) is 14.0. The Labute approximate surface area is 181 Å². The minimum Gasteiger partial charge on any atom is -0.351 e. The summed E-state index contributed by atoms with van der Waals surface area (Å²) in [6, 6.07) is 14.2. The molecular formula is C22H25Cl2N3O2. The number of carbonyl (C=O) groups excluding carboxylic acids is 2. The van der Waals surface area contributed by atoms with Gasteiger partial charge >= 0.3 is 6.03 Å². The van der Waals surface area contributed by atoms with E-state index >= 15 is 0 Å². The van der Waals surface area contributed by atoms with Gasteiger partial charge in [0.2, 0.25) is 5.91 Å². The number of hydrogen-bond donors (Lipinski definition) is 3. The molecule has 2 unspecified atom stereocenters. The molecule has 2 aromatic carbocycles. The van der Waals surface area contributed by atoms with Crippen molar-refractivity contribution in [2.24, 2.45) is 0 Å². The van der Waals surface area contributed by atoms with Gasteiger partial charge in [0.25, 0.3) is 0 Å². The minimum atomic E-state index is -0.242. The van der Waals surface area contributed by atoms with Crippen LogP contribution in [0.5, 0.6) is 0 Å². The quantitative estimate of drug-likeness (QED) is 0.628. The Kier molecular flexibility index (Phi) is 7.78. The molecule has 0 spiro atoms. The van der Waals surface area contributed by atoms with Crippen LogP contribution in [0, 0.1) is 0 Å². The van der Waals surface area contributed by atoms with Crippen LogP contribution in [0.4, 0.5) is 4.79 Å². The molecule has 0 saturated heterocycles. The second kappa shape index (κ2) is 10.5. The zero-order valence-corrected chi connectivity index (χ0v) is 17.6. The molecule has 1 aliphatic carbocycles. The summed E-state index contributed by atoms with van der Waals surface area (Å²) in [7, 11) is 0. The summed E-state index contributed by atoms with van der Waals surface area (Å²) in [5.74, 6) is -0.0506. The lowest BCUT2D eigenvalue weighted by Crippen LogP contribution is -2.55. The Morgan fingerprint density at radius 3 is 2.24 bits per heavy atom. The van der Waals surface area contributed by atoms with Gasteiger partial charge in [-0.25, -0.2) is 4.79 Å². The maximum Gasteiger partial charge on any atom is 0.315 e. The molecule has 7 heteroatoms. The maximum atomic E-state index is 12.5. The van der Waals surface area contributed by atoms with Crippen molar-refractivity contribution in [3.63, 3.8) is 0 Å². The minimum absolute atomic E-state index is 0.0506. The van der Waals surface area contributed by atoms with E-state index in [9.17, 15) is 9.59 Å². The van der Waals surface area contributed by atoms with E-state index in [1.54, 1.807) is 18.2 Å². The van der Waals surface area contributed by atoms with Crippen molar-refractivity contribution in [1.82, 2.24) is 16.0 Å². The van der Waals surface area contributed by atoms with Crippen molar-refractivity contribution in [3.8, 4) is 0 Å². The highest BCUT2D eigenvalue weighted by Crippen LogP contribution is 2.19. The number of carbonyl (C=O) groups is 2. The van der Waals surface area contributed by atoms with Crippen LogP contribution in [-0.2, 0) is 17.8 Å². The topological polar surface area (TPSA) is 70.2 Å². The Morgan fingerprint density at radius 1 is 0.862 bits per heavy atom. The Morgan fingerprint density at radius 2 is 1.55 bits per heavy atom. The third-order valence-electron chi connectivity index (χ3n) is 5.05. The monoisotopic (exact) mass is 433 g/mol. The van der Waals surface area contributed by atoms with E-state index in [0.29, 0.717) is 23.0 Å². The Hall–Kier alpha value is -2.24. The molecule has 1 aliphatic rings. The first-order valence-electron chi connectivity index (χ1n) is 9.82. The van der Waals surface area contributed by atoms with Crippen LogP contribution in [0.15, 0.2) is 48.5 Å². The van der Waals surface area contributed by atoms with Gasteiger partial charge in [-0.15, -0.1) is 0 Å². The molecular weight excluding hydrogens is 409 g/mol. The van der Waals surface area contributed by atoms with Crippen LogP contribution in [0.3, 0.4) is 0 Å². The van der Waals surface area contributed by atoms with Gasteiger partial charge in [-0.3, -0.25) is 4.79 Å². The lowest BCUT2D eigenvalue weighted by atomic mass is 9.90. The molecule has 1 saturated carbocycles. The van der Waals surface area contributed by atoms with Crippen LogP contribution >= 0.6 is 23.2 Å². The van der Waals surface area contributed by atoms with Crippen LogP contribution < -0.4 is 16.0 Å². The highest BCUT2D eigenvalue weighted by molar-refractivity contribution is 6.30. The third-order valence-corrected chi connectivity index (χ3v) is 5.54. The molecule has 154 valence electrons. The molecule has 0 aromatic heterocycles. The number of nitrogens with one attached hydrogen (secondary N) is 3. The average Bonchev–Trinajstić information content (AvgIpc) is 2.70. The largest absolute Gasteiger partial charge is 0.351 e. The van der Waals surface area contributed by atoms with Crippen molar-refractivity contribution in [2.45, 2.75) is 50.7 Å². The zero-order chi connectivity index (χ0) is 20.6. The fourth-order valence-electron chi connectivity index (χ4n) is 3.57. The lowest BCUT2D eigenvalue weighted by molar-refractivity contribution is -0.121. The fourth-order valence-corrected chi connectivity index (χ4v) is 3.91. The number of urea groups is 1. The second-order valence-corrected chi connectivity index (χ2v) is 8.20. The molecule has 0 bridgehead atoms. The summed E-state index contributed by atoms with van der Waals surface area (Å²) < 4.78 is 0. The van der Waals surface area contributed by atoms with Crippen LogP contribution in [0.25, 0.3) is 0 Å². The average molecular weight is 434 g/mol. The molecule has 3 amide bonds. The first-order valence-corrected chi connectivity index (χ1v) is 10.6. The van der Waals surface area contributed by atoms with Crippen LogP contribution in [-0.4, -0.2) is 24.0 Å². The number of benzene rings is 2. The third kappa shape index (κ3) is 6.94. The van der Waals surface area contributed by atoms with Crippen LogP contribution in [0.2, 0.25) is 10.0 Å². The SMILES string of the molecule is O=C(Cc1ccc(Cl)cc1)NC1CCCCC1NC(=O)NCc1cccc(Cl)c1. The molecule has 0 radical (unpaired) electrons. The zero-order valence-electron chi connectivity index (χ0n) is 16.1. The molecule has 5 nitrogen and oxygen atoms in total. The van der Waals surface area contributed by atoms with Gasteiger partial charge in [0, 0.05) is 22.6 Å². The maximum absolute atomic E-state index is 12.5. The van der Waals surface area contributed by atoms with Crippen molar-refractivity contribution in [3.05, 3.63) is 69.7 Å². The van der Waals surface area contributed by atoms with Gasteiger partial charge in [0.15, 0.2) is 0 Å². The summed E-state index contributed by atoms with van der Waals surface area (Å²) in [5.41, 5.74) is 1.84. The summed E-state index contributed by atoms with van der Waals surface area (Å²) >= 11 is 11.9.